The number of ether oxygens (including phenoxy) is 2. The van der Waals surface area contributed by atoms with Crippen molar-refractivity contribution in [3.8, 4) is 5.75 Å². The van der Waals surface area contributed by atoms with Crippen molar-refractivity contribution in [1.29, 1.82) is 0 Å². The molecule has 1 aliphatic heterocycles. The van der Waals surface area contributed by atoms with E-state index in [-0.39, 0.29) is 5.78 Å². The standard InChI is InChI=1S/C16H20N2O4/c1-21-9-16(4-5-16)14(19)13-8-18-7-11-3-2-10(15(17)20)6-12(11)22-13/h2-3,6,13,18H,4-5,7-9H2,1H3,(H2,17,20). The van der Waals surface area contributed by atoms with Crippen LogP contribution >= 0.6 is 0 Å². The van der Waals surface area contributed by atoms with E-state index in [9.17, 15) is 9.59 Å². The highest BCUT2D eigenvalue weighted by molar-refractivity contribution is 5.94. The summed E-state index contributed by atoms with van der Waals surface area (Å²) in [5, 5.41) is 3.22. The van der Waals surface area contributed by atoms with Crippen LogP contribution in [0.3, 0.4) is 0 Å². The van der Waals surface area contributed by atoms with E-state index >= 15 is 0 Å². The summed E-state index contributed by atoms with van der Waals surface area (Å²) in [4.78, 5) is 24.0. The Morgan fingerprint density at radius 1 is 1.45 bits per heavy atom. The number of carbonyl (C=O) groups excluding carboxylic acids is 2. The third kappa shape index (κ3) is 2.71. The fourth-order valence-corrected chi connectivity index (χ4v) is 2.87. The van der Waals surface area contributed by atoms with E-state index < -0.39 is 17.4 Å². The number of rotatable bonds is 5. The minimum atomic E-state index is -0.568. The number of primary amides is 1. The molecule has 2 aliphatic rings. The van der Waals surface area contributed by atoms with E-state index in [1.165, 1.54) is 0 Å². The van der Waals surface area contributed by atoms with E-state index in [0.717, 1.165) is 18.4 Å². The summed E-state index contributed by atoms with van der Waals surface area (Å²) < 4.78 is 11.1. The van der Waals surface area contributed by atoms with E-state index in [0.29, 0.717) is 31.0 Å². The molecule has 0 radical (unpaired) electrons. The van der Waals surface area contributed by atoms with Crippen LogP contribution < -0.4 is 15.8 Å². The van der Waals surface area contributed by atoms with Crippen molar-refractivity contribution in [2.45, 2.75) is 25.5 Å². The van der Waals surface area contributed by atoms with Gasteiger partial charge in [-0.05, 0) is 25.0 Å². The Morgan fingerprint density at radius 3 is 2.86 bits per heavy atom. The fourth-order valence-electron chi connectivity index (χ4n) is 2.87. The summed E-state index contributed by atoms with van der Waals surface area (Å²) in [6.07, 6.45) is 1.11. The summed E-state index contributed by atoms with van der Waals surface area (Å²) in [5.74, 6) is 0.108. The lowest BCUT2D eigenvalue weighted by Crippen LogP contribution is -2.41. The molecule has 0 aromatic heterocycles. The van der Waals surface area contributed by atoms with Crippen LogP contribution in [0.25, 0.3) is 0 Å². The van der Waals surface area contributed by atoms with Crippen LogP contribution in [0.4, 0.5) is 0 Å². The number of benzene rings is 1. The number of nitrogens with two attached hydrogens (primary N) is 1. The molecule has 1 amide bonds. The molecule has 1 saturated carbocycles. The molecule has 3 rings (SSSR count). The van der Waals surface area contributed by atoms with Crippen LogP contribution in [0.2, 0.25) is 0 Å². The second kappa shape index (κ2) is 5.70. The highest BCUT2D eigenvalue weighted by atomic mass is 16.5. The van der Waals surface area contributed by atoms with Gasteiger partial charge in [-0.25, -0.2) is 0 Å². The summed E-state index contributed by atoms with van der Waals surface area (Å²) in [7, 11) is 1.61. The Morgan fingerprint density at radius 2 is 2.23 bits per heavy atom. The van der Waals surface area contributed by atoms with Gasteiger partial charge in [-0.15, -0.1) is 0 Å². The molecule has 1 aliphatic carbocycles. The first kappa shape index (κ1) is 15.0. The van der Waals surface area contributed by atoms with Crippen molar-refractivity contribution in [3.63, 3.8) is 0 Å². The van der Waals surface area contributed by atoms with Crippen LogP contribution in [0.5, 0.6) is 5.75 Å². The summed E-state index contributed by atoms with van der Waals surface area (Å²) in [6.45, 7) is 1.47. The Balaban J connectivity index is 1.83. The van der Waals surface area contributed by atoms with Crippen LogP contribution in [-0.4, -0.2) is 38.1 Å². The van der Waals surface area contributed by atoms with Gasteiger partial charge in [0.2, 0.25) is 5.91 Å². The quantitative estimate of drug-likeness (QED) is 0.832. The van der Waals surface area contributed by atoms with Crippen molar-refractivity contribution in [3.05, 3.63) is 29.3 Å². The van der Waals surface area contributed by atoms with E-state index in [4.69, 9.17) is 15.2 Å². The highest BCUT2D eigenvalue weighted by Crippen LogP contribution is 2.48. The van der Waals surface area contributed by atoms with Crippen molar-refractivity contribution in [2.75, 3.05) is 20.3 Å². The molecule has 6 heteroatoms. The van der Waals surface area contributed by atoms with Crippen molar-refractivity contribution in [2.24, 2.45) is 11.1 Å². The molecule has 1 heterocycles. The Labute approximate surface area is 129 Å². The van der Waals surface area contributed by atoms with Gasteiger partial charge >= 0.3 is 0 Å². The molecule has 0 saturated heterocycles. The molecule has 1 unspecified atom stereocenters. The first-order valence-electron chi connectivity index (χ1n) is 7.39. The molecule has 0 spiro atoms. The average molecular weight is 304 g/mol. The molecule has 1 fully saturated rings. The predicted octanol–water partition coefficient (Wildman–Crippen LogP) is 0.632. The first-order valence-corrected chi connectivity index (χ1v) is 7.39. The number of nitrogens with one attached hydrogen (secondary N) is 1. The fraction of sp³-hybridized carbons (Fsp3) is 0.500. The zero-order valence-electron chi connectivity index (χ0n) is 12.6. The molecule has 118 valence electrons. The minimum Gasteiger partial charge on any atom is -0.481 e. The lowest BCUT2D eigenvalue weighted by molar-refractivity contribution is -0.132. The average Bonchev–Trinajstić information content (AvgIpc) is 3.29. The minimum absolute atomic E-state index is 0.0687. The van der Waals surface area contributed by atoms with Crippen molar-refractivity contribution in [1.82, 2.24) is 5.32 Å². The Hall–Kier alpha value is -1.92. The monoisotopic (exact) mass is 304 g/mol. The molecule has 22 heavy (non-hydrogen) atoms. The van der Waals surface area contributed by atoms with Gasteiger partial charge in [0.15, 0.2) is 11.9 Å². The molecule has 3 N–H and O–H groups in total. The van der Waals surface area contributed by atoms with E-state index in [1.54, 1.807) is 25.3 Å². The van der Waals surface area contributed by atoms with Crippen LogP contribution in [0, 0.1) is 5.41 Å². The number of ketones is 1. The molecular weight excluding hydrogens is 284 g/mol. The Kier molecular flexibility index (Phi) is 3.88. The van der Waals surface area contributed by atoms with Crippen LogP contribution in [0.1, 0.15) is 28.8 Å². The number of amides is 1. The number of hydrogen-bond donors (Lipinski definition) is 2. The van der Waals surface area contributed by atoms with E-state index in [2.05, 4.69) is 5.32 Å². The third-order valence-electron chi connectivity index (χ3n) is 4.36. The van der Waals surface area contributed by atoms with Gasteiger partial charge in [-0.3, -0.25) is 9.59 Å². The number of carbonyl (C=O) groups is 2. The van der Waals surface area contributed by atoms with Gasteiger partial charge < -0.3 is 20.5 Å². The lowest BCUT2D eigenvalue weighted by Gasteiger charge is -2.21. The van der Waals surface area contributed by atoms with Gasteiger partial charge in [0.1, 0.15) is 5.75 Å². The molecule has 1 atom stereocenters. The maximum absolute atomic E-state index is 12.7. The SMILES string of the molecule is COCC1(C(=O)C2CNCc3ccc(C(N)=O)cc3O2)CC1. The van der Waals surface area contributed by atoms with Gasteiger partial charge in [0, 0.05) is 31.3 Å². The summed E-state index contributed by atoms with van der Waals surface area (Å²) >= 11 is 0. The van der Waals surface area contributed by atoms with Crippen LogP contribution in [-0.2, 0) is 16.1 Å². The van der Waals surface area contributed by atoms with Gasteiger partial charge in [0.25, 0.3) is 0 Å². The molecule has 6 nitrogen and oxygen atoms in total. The third-order valence-corrected chi connectivity index (χ3v) is 4.36. The number of hydrogen-bond acceptors (Lipinski definition) is 5. The van der Waals surface area contributed by atoms with Crippen molar-refractivity contribution >= 4 is 11.7 Å². The highest BCUT2D eigenvalue weighted by Gasteiger charge is 2.52. The zero-order valence-corrected chi connectivity index (χ0v) is 12.6. The second-order valence-electron chi connectivity index (χ2n) is 6.00. The lowest BCUT2D eigenvalue weighted by atomic mass is 9.97. The Bertz CT molecular complexity index is 610. The number of fused-ring (bicyclic) bond motifs is 1. The number of methoxy groups -OCH3 is 1. The van der Waals surface area contributed by atoms with Gasteiger partial charge in [-0.2, -0.15) is 0 Å². The number of Topliss-reactive ketones (excluding diaryl/α,β-unsaturated/α-hetero) is 1. The van der Waals surface area contributed by atoms with E-state index in [1.807, 2.05) is 0 Å². The van der Waals surface area contributed by atoms with Gasteiger partial charge in [0.05, 0.1) is 12.0 Å². The van der Waals surface area contributed by atoms with Crippen LogP contribution in [0.15, 0.2) is 18.2 Å². The maximum atomic E-state index is 12.7. The zero-order chi connectivity index (χ0) is 15.7. The first-order chi connectivity index (χ1) is 10.6. The molecule has 0 bridgehead atoms. The molecule has 1 aromatic rings. The molecular formula is C16H20N2O4. The van der Waals surface area contributed by atoms with Gasteiger partial charge in [-0.1, -0.05) is 6.07 Å². The predicted molar refractivity (Wildman–Crippen MR) is 79.6 cm³/mol. The molecule has 1 aromatic carbocycles. The normalized spacial score (nSPS) is 22.1. The topological polar surface area (TPSA) is 90.6 Å². The smallest absolute Gasteiger partial charge is 0.248 e. The second-order valence-corrected chi connectivity index (χ2v) is 6.00. The summed E-state index contributed by atoms with van der Waals surface area (Å²) in [5.41, 5.74) is 6.20. The maximum Gasteiger partial charge on any atom is 0.248 e. The largest absolute Gasteiger partial charge is 0.481 e. The van der Waals surface area contributed by atoms with Crippen molar-refractivity contribution < 1.29 is 19.1 Å². The summed E-state index contributed by atoms with van der Waals surface area (Å²) in [6, 6.07) is 5.08.